The average molecular weight is 284 g/mol. The van der Waals surface area contributed by atoms with Crippen molar-refractivity contribution in [1.82, 2.24) is 5.32 Å². The molecule has 1 rings (SSSR count). The molecule has 4 N–H and O–H groups in total. The fourth-order valence-electron chi connectivity index (χ4n) is 3.08. The number of amides is 1. The second-order valence-corrected chi connectivity index (χ2v) is 7.07. The van der Waals surface area contributed by atoms with Crippen molar-refractivity contribution < 1.29 is 9.90 Å². The Labute approximate surface area is 123 Å². The summed E-state index contributed by atoms with van der Waals surface area (Å²) in [4.78, 5) is 12.6. The molecule has 118 valence electrons. The van der Waals surface area contributed by atoms with E-state index in [1.165, 1.54) is 12.8 Å². The van der Waals surface area contributed by atoms with Gasteiger partial charge in [-0.2, -0.15) is 0 Å². The molecule has 1 saturated carbocycles. The van der Waals surface area contributed by atoms with E-state index in [0.717, 1.165) is 38.5 Å². The van der Waals surface area contributed by atoms with E-state index in [4.69, 9.17) is 10.8 Å². The molecule has 1 aliphatic rings. The van der Waals surface area contributed by atoms with Crippen molar-refractivity contribution in [2.24, 2.45) is 16.6 Å². The van der Waals surface area contributed by atoms with Gasteiger partial charge in [-0.15, -0.1) is 0 Å². The van der Waals surface area contributed by atoms with Gasteiger partial charge in [-0.1, -0.05) is 39.5 Å². The summed E-state index contributed by atoms with van der Waals surface area (Å²) < 4.78 is 0. The number of carbonyl (C=O) groups is 1. The number of nitrogens with two attached hydrogens (primary N) is 1. The number of aliphatic hydroxyl groups excluding tert-OH is 1. The summed E-state index contributed by atoms with van der Waals surface area (Å²) in [6, 6.07) is 0. The number of hydrogen-bond donors (Lipinski definition) is 3. The molecule has 0 atom stereocenters. The maximum atomic E-state index is 12.6. The normalized spacial score (nSPS) is 19.4. The summed E-state index contributed by atoms with van der Waals surface area (Å²) in [7, 11) is 0. The fraction of sp³-hybridized carbons (Fsp3) is 0.938. The topological polar surface area (TPSA) is 75.3 Å². The summed E-state index contributed by atoms with van der Waals surface area (Å²) >= 11 is 0. The molecule has 0 heterocycles. The first-order valence-electron chi connectivity index (χ1n) is 8.05. The van der Waals surface area contributed by atoms with Crippen LogP contribution in [0.15, 0.2) is 0 Å². The van der Waals surface area contributed by atoms with Gasteiger partial charge >= 0.3 is 0 Å². The van der Waals surface area contributed by atoms with Crippen LogP contribution in [0.3, 0.4) is 0 Å². The highest BCUT2D eigenvalue weighted by atomic mass is 16.2. The van der Waals surface area contributed by atoms with Crippen molar-refractivity contribution in [3.05, 3.63) is 0 Å². The van der Waals surface area contributed by atoms with Gasteiger partial charge in [0.15, 0.2) is 0 Å². The van der Waals surface area contributed by atoms with Crippen molar-refractivity contribution in [1.29, 1.82) is 0 Å². The van der Waals surface area contributed by atoms with Gasteiger partial charge in [-0.3, -0.25) is 4.79 Å². The standard InChI is InChI=1S/C16H32N2O2/c1-15(2,8-7-11-19)13-18-14(20)16(12-17)9-5-3-4-6-10-16/h19H,3-13,17H2,1-2H3,(H,18,20). The Morgan fingerprint density at radius 1 is 1.25 bits per heavy atom. The molecule has 1 amide bonds. The lowest BCUT2D eigenvalue weighted by atomic mass is 9.79. The van der Waals surface area contributed by atoms with E-state index in [9.17, 15) is 4.79 Å². The molecule has 0 saturated heterocycles. The Balaban J connectivity index is 2.54. The Morgan fingerprint density at radius 3 is 2.35 bits per heavy atom. The molecule has 0 aromatic carbocycles. The van der Waals surface area contributed by atoms with Crippen LogP contribution in [0.5, 0.6) is 0 Å². The van der Waals surface area contributed by atoms with Crippen LogP contribution in [0, 0.1) is 10.8 Å². The third-order valence-electron chi connectivity index (χ3n) is 4.67. The Hall–Kier alpha value is -0.610. The lowest BCUT2D eigenvalue weighted by Crippen LogP contribution is -2.48. The van der Waals surface area contributed by atoms with Crippen LogP contribution < -0.4 is 11.1 Å². The van der Waals surface area contributed by atoms with Gasteiger partial charge in [-0.25, -0.2) is 0 Å². The van der Waals surface area contributed by atoms with Crippen LogP contribution >= 0.6 is 0 Å². The van der Waals surface area contributed by atoms with Crippen molar-refractivity contribution in [2.45, 2.75) is 65.2 Å². The first-order valence-corrected chi connectivity index (χ1v) is 8.05. The summed E-state index contributed by atoms with van der Waals surface area (Å²) in [5.41, 5.74) is 5.62. The summed E-state index contributed by atoms with van der Waals surface area (Å²) in [6.07, 6.45) is 8.20. The molecule has 0 aliphatic heterocycles. The zero-order chi connectivity index (χ0) is 15.1. The third kappa shape index (κ3) is 5.06. The summed E-state index contributed by atoms with van der Waals surface area (Å²) in [5.74, 6) is 0.138. The van der Waals surface area contributed by atoms with Gasteiger partial charge < -0.3 is 16.2 Å². The van der Waals surface area contributed by atoms with Gasteiger partial charge in [0.25, 0.3) is 0 Å². The second kappa shape index (κ2) is 7.99. The van der Waals surface area contributed by atoms with Gasteiger partial charge in [0.1, 0.15) is 0 Å². The van der Waals surface area contributed by atoms with Gasteiger partial charge in [-0.05, 0) is 31.1 Å². The number of aliphatic hydroxyl groups is 1. The number of nitrogens with one attached hydrogen (secondary N) is 1. The van der Waals surface area contributed by atoms with Gasteiger partial charge in [0.05, 0.1) is 5.41 Å². The van der Waals surface area contributed by atoms with E-state index < -0.39 is 0 Å². The number of hydrogen-bond acceptors (Lipinski definition) is 3. The van der Waals surface area contributed by atoms with Crippen molar-refractivity contribution >= 4 is 5.91 Å². The van der Waals surface area contributed by atoms with Crippen molar-refractivity contribution in [3.63, 3.8) is 0 Å². The van der Waals surface area contributed by atoms with E-state index in [1.54, 1.807) is 0 Å². The maximum absolute atomic E-state index is 12.6. The van der Waals surface area contributed by atoms with E-state index in [0.29, 0.717) is 13.1 Å². The molecule has 4 nitrogen and oxygen atoms in total. The average Bonchev–Trinajstić information content (AvgIpc) is 2.69. The molecule has 20 heavy (non-hydrogen) atoms. The van der Waals surface area contributed by atoms with Crippen LogP contribution in [-0.2, 0) is 4.79 Å². The first kappa shape index (κ1) is 17.4. The molecule has 0 aromatic rings. The smallest absolute Gasteiger partial charge is 0.227 e. The lowest BCUT2D eigenvalue weighted by Gasteiger charge is -2.32. The number of carbonyl (C=O) groups excluding carboxylic acids is 1. The molecular weight excluding hydrogens is 252 g/mol. The molecule has 0 spiro atoms. The lowest BCUT2D eigenvalue weighted by molar-refractivity contribution is -0.131. The van der Waals surface area contributed by atoms with Crippen molar-refractivity contribution in [2.75, 3.05) is 19.7 Å². The van der Waals surface area contributed by atoms with E-state index in [2.05, 4.69) is 19.2 Å². The molecule has 1 fully saturated rings. The zero-order valence-electron chi connectivity index (χ0n) is 13.2. The van der Waals surface area contributed by atoms with Crippen LogP contribution in [0.25, 0.3) is 0 Å². The first-order chi connectivity index (χ1) is 9.46. The fourth-order valence-corrected chi connectivity index (χ4v) is 3.08. The minimum absolute atomic E-state index is 0.0267. The quantitative estimate of drug-likeness (QED) is 0.627. The van der Waals surface area contributed by atoms with Crippen LogP contribution in [0.2, 0.25) is 0 Å². The highest BCUT2D eigenvalue weighted by molar-refractivity contribution is 5.83. The molecule has 4 heteroatoms. The minimum atomic E-state index is -0.344. The zero-order valence-corrected chi connectivity index (χ0v) is 13.2. The van der Waals surface area contributed by atoms with Crippen LogP contribution in [0.1, 0.15) is 65.2 Å². The monoisotopic (exact) mass is 284 g/mol. The maximum Gasteiger partial charge on any atom is 0.227 e. The Bertz CT molecular complexity index is 295. The van der Waals surface area contributed by atoms with Gasteiger partial charge in [0, 0.05) is 19.7 Å². The van der Waals surface area contributed by atoms with E-state index >= 15 is 0 Å². The van der Waals surface area contributed by atoms with E-state index in [-0.39, 0.29) is 23.3 Å². The molecule has 0 aromatic heterocycles. The summed E-state index contributed by atoms with van der Waals surface area (Å²) in [6.45, 7) is 5.59. The Kier molecular flexibility index (Phi) is 6.96. The highest BCUT2D eigenvalue weighted by Crippen LogP contribution is 2.34. The van der Waals surface area contributed by atoms with Gasteiger partial charge in [0.2, 0.25) is 5.91 Å². The predicted octanol–water partition coefficient (Wildman–Crippen LogP) is 2.20. The molecular formula is C16H32N2O2. The Morgan fingerprint density at radius 2 is 1.85 bits per heavy atom. The largest absolute Gasteiger partial charge is 0.396 e. The SMILES string of the molecule is CC(C)(CCCO)CNC(=O)C1(CN)CCCCCC1. The molecule has 0 radical (unpaired) electrons. The minimum Gasteiger partial charge on any atom is -0.396 e. The third-order valence-corrected chi connectivity index (χ3v) is 4.67. The molecule has 0 unspecified atom stereocenters. The van der Waals surface area contributed by atoms with Crippen LogP contribution in [-0.4, -0.2) is 30.7 Å². The summed E-state index contributed by atoms with van der Waals surface area (Å²) in [5, 5.41) is 12.0. The van der Waals surface area contributed by atoms with Crippen LogP contribution in [0.4, 0.5) is 0 Å². The predicted molar refractivity (Wildman–Crippen MR) is 82.3 cm³/mol. The molecule has 1 aliphatic carbocycles. The highest BCUT2D eigenvalue weighted by Gasteiger charge is 2.37. The van der Waals surface area contributed by atoms with E-state index in [1.807, 2.05) is 0 Å². The second-order valence-electron chi connectivity index (χ2n) is 7.07. The molecule has 0 bridgehead atoms. The van der Waals surface area contributed by atoms with Crippen molar-refractivity contribution in [3.8, 4) is 0 Å². The number of rotatable bonds is 7.